The summed E-state index contributed by atoms with van der Waals surface area (Å²) >= 11 is 0. The summed E-state index contributed by atoms with van der Waals surface area (Å²) in [6.45, 7) is 0.262. The van der Waals surface area contributed by atoms with E-state index < -0.39 is 29.2 Å². The zero-order valence-electron chi connectivity index (χ0n) is 16.4. The molecule has 0 radical (unpaired) electrons. The smallest absolute Gasteiger partial charge is 0.319 e. The highest BCUT2D eigenvalue weighted by molar-refractivity contribution is 5.89. The third-order valence-corrected chi connectivity index (χ3v) is 5.44. The number of pyridine rings is 1. The molecule has 32 heavy (non-hydrogen) atoms. The Kier molecular flexibility index (Phi) is 4.76. The molecule has 1 aliphatic heterocycles. The van der Waals surface area contributed by atoms with Gasteiger partial charge in [-0.05, 0) is 24.3 Å². The number of nitrogens with one attached hydrogen (secondary N) is 2. The van der Waals surface area contributed by atoms with E-state index in [4.69, 9.17) is 15.2 Å². The average molecular weight is 442 g/mol. The number of anilines is 2. The maximum atomic E-state index is 13.7. The van der Waals surface area contributed by atoms with Crippen molar-refractivity contribution in [2.24, 2.45) is 5.92 Å². The normalized spacial score (nSPS) is 20.0. The molecule has 0 saturated heterocycles. The molecule has 10 heteroatoms. The Morgan fingerprint density at radius 1 is 1.06 bits per heavy atom. The summed E-state index contributed by atoms with van der Waals surface area (Å²) in [5, 5.41) is 4.79. The molecule has 2 aromatic carbocycles. The van der Waals surface area contributed by atoms with Crippen LogP contribution in [0.5, 0.6) is 17.2 Å². The Bertz CT molecular complexity index is 1220. The molecule has 1 aliphatic carbocycles. The summed E-state index contributed by atoms with van der Waals surface area (Å²) in [5.41, 5.74) is 6.19. The summed E-state index contributed by atoms with van der Waals surface area (Å²) < 4.78 is 51.7. The van der Waals surface area contributed by atoms with Crippen LogP contribution in [0.3, 0.4) is 0 Å². The van der Waals surface area contributed by atoms with E-state index in [1.807, 2.05) is 12.1 Å². The van der Waals surface area contributed by atoms with Crippen LogP contribution in [-0.2, 0) is 0 Å². The Hall–Kier alpha value is -3.95. The highest BCUT2D eigenvalue weighted by atomic mass is 19.2. The van der Waals surface area contributed by atoms with E-state index in [0.29, 0.717) is 29.4 Å². The molecule has 1 saturated carbocycles. The fourth-order valence-electron chi connectivity index (χ4n) is 3.88. The minimum atomic E-state index is -1.33. The fourth-order valence-corrected chi connectivity index (χ4v) is 3.88. The Morgan fingerprint density at radius 2 is 1.84 bits per heavy atom. The van der Waals surface area contributed by atoms with Crippen LogP contribution in [0.15, 0.2) is 48.7 Å². The maximum absolute atomic E-state index is 13.7. The molecule has 164 valence electrons. The van der Waals surface area contributed by atoms with E-state index in [1.54, 1.807) is 24.4 Å². The molecule has 2 aliphatic rings. The zero-order valence-corrected chi connectivity index (χ0v) is 16.4. The number of carbonyl (C=O) groups is 1. The second kappa shape index (κ2) is 7.63. The van der Waals surface area contributed by atoms with Crippen LogP contribution in [0.4, 0.5) is 29.5 Å². The van der Waals surface area contributed by atoms with Gasteiger partial charge in [-0.15, -0.1) is 0 Å². The largest absolute Gasteiger partial charge is 0.489 e. The maximum Gasteiger partial charge on any atom is 0.319 e. The number of ether oxygens (including phenoxy) is 2. The first-order valence-corrected chi connectivity index (χ1v) is 9.78. The van der Waals surface area contributed by atoms with Gasteiger partial charge in [0.25, 0.3) is 0 Å². The Balaban J connectivity index is 1.20. The summed E-state index contributed by atoms with van der Waals surface area (Å²) in [6, 6.07) is 9.04. The van der Waals surface area contributed by atoms with E-state index in [2.05, 4.69) is 15.6 Å². The molecule has 0 spiro atoms. The molecule has 2 amide bonds. The first-order chi connectivity index (χ1) is 15.4. The molecule has 1 fully saturated rings. The van der Waals surface area contributed by atoms with Gasteiger partial charge in [0.1, 0.15) is 35.0 Å². The van der Waals surface area contributed by atoms with Crippen LogP contribution in [0.1, 0.15) is 11.5 Å². The lowest BCUT2D eigenvalue weighted by molar-refractivity contribution is 0.249. The topological polar surface area (TPSA) is 98.5 Å². The molecule has 5 rings (SSSR count). The monoisotopic (exact) mass is 442 g/mol. The molecule has 0 bridgehead atoms. The number of urea groups is 1. The lowest BCUT2D eigenvalue weighted by Crippen LogP contribution is -2.32. The third kappa shape index (κ3) is 3.75. The summed E-state index contributed by atoms with van der Waals surface area (Å²) in [5.74, 6) is -1.27. The van der Waals surface area contributed by atoms with E-state index in [1.165, 1.54) is 0 Å². The number of nitrogen functional groups attached to an aromatic ring is 1. The molecule has 1 aromatic heterocycles. The van der Waals surface area contributed by atoms with Crippen LogP contribution in [-0.4, -0.2) is 23.7 Å². The molecule has 3 aromatic rings. The van der Waals surface area contributed by atoms with Crippen molar-refractivity contribution in [3.63, 3.8) is 0 Å². The van der Waals surface area contributed by atoms with Crippen molar-refractivity contribution < 1.29 is 27.4 Å². The highest BCUT2D eigenvalue weighted by Crippen LogP contribution is 2.58. The van der Waals surface area contributed by atoms with Crippen molar-refractivity contribution in [2.45, 2.75) is 12.0 Å². The van der Waals surface area contributed by atoms with Crippen molar-refractivity contribution in [2.75, 3.05) is 17.6 Å². The van der Waals surface area contributed by atoms with Gasteiger partial charge in [0.15, 0.2) is 11.6 Å². The second-order valence-corrected chi connectivity index (χ2v) is 7.57. The molecular formula is C22H17F3N4O3. The molecule has 2 heterocycles. The number of halogens is 3. The lowest BCUT2D eigenvalue weighted by atomic mass is 10.1. The van der Waals surface area contributed by atoms with E-state index in [9.17, 15) is 18.0 Å². The SMILES string of the molecule is Nc1cc(Oc2ccc3c(c2)C2C(CNC(=O)Nc4cc(F)c(F)cc4F)C2O3)ccn1. The Labute approximate surface area is 180 Å². The number of hydrogen-bond donors (Lipinski definition) is 3. The molecule has 3 unspecified atom stereocenters. The molecule has 3 atom stereocenters. The number of hydrogen-bond acceptors (Lipinski definition) is 5. The van der Waals surface area contributed by atoms with Crippen LogP contribution in [0.25, 0.3) is 0 Å². The number of nitrogens with zero attached hydrogens (tertiary/aromatic N) is 1. The predicted octanol–water partition coefficient (Wildman–Crippen LogP) is 4.17. The van der Waals surface area contributed by atoms with Crippen molar-refractivity contribution >= 4 is 17.5 Å². The van der Waals surface area contributed by atoms with Crippen LogP contribution >= 0.6 is 0 Å². The first kappa shape index (κ1) is 20.0. The van der Waals surface area contributed by atoms with Crippen molar-refractivity contribution in [3.8, 4) is 17.2 Å². The minimum Gasteiger partial charge on any atom is -0.489 e. The number of fused-ring (bicyclic) bond motifs is 3. The molecule has 7 nitrogen and oxygen atoms in total. The van der Waals surface area contributed by atoms with Gasteiger partial charge < -0.3 is 25.8 Å². The van der Waals surface area contributed by atoms with Crippen molar-refractivity contribution in [1.82, 2.24) is 10.3 Å². The van der Waals surface area contributed by atoms with Gasteiger partial charge in [0.05, 0.1) is 5.69 Å². The van der Waals surface area contributed by atoms with E-state index in [0.717, 1.165) is 11.3 Å². The van der Waals surface area contributed by atoms with Gasteiger partial charge in [-0.3, -0.25) is 0 Å². The summed E-state index contributed by atoms with van der Waals surface area (Å²) in [4.78, 5) is 16.0. The van der Waals surface area contributed by atoms with Gasteiger partial charge in [0.2, 0.25) is 0 Å². The quantitative estimate of drug-likeness (QED) is 0.515. The third-order valence-electron chi connectivity index (χ3n) is 5.44. The minimum absolute atomic E-state index is 0.0230. The van der Waals surface area contributed by atoms with Gasteiger partial charge >= 0.3 is 6.03 Å². The number of carbonyl (C=O) groups excluding carboxylic acids is 1. The van der Waals surface area contributed by atoms with E-state index in [-0.39, 0.29) is 24.5 Å². The van der Waals surface area contributed by atoms with Crippen LogP contribution in [0, 0.1) is 23.4 Å². The molecular weight excluding hydrogens is 425 g/mol. The van der Waals surface area contributed by atoms with Gasteiger partial charge in [-0.25, -0.2) is 22.9 Å². The number of nitrogens with two attached hydrogens (primary N) is 1. The zero-order chi connectivity index (χ0) is 22.4. The first-order valence-electron chi connectivity index (χ1n) is 9.78. The van der Waals surface area contributed by atoms with Gasteiger partial charge in [0, 0.05) is 48.3 Å². The summed E-state index contributed by atoms with van der Waals surface area (Å²) in [6.07, 6.45) is 1.47. The Morgan fingerprint density at radius 3 is 2.66 bits per heavy atom. The van der Waals surface area contributed by atoms with Crippen molar-refractivity contribution in [1.29, 1.82) is 0 Å². The number of amides is 2. The average Bonchev–Trinajstić information content (AvgIpc) is 3.30. The standard InChI is InChI=1S/C22H17F3N4O3/c23-14-7-16(25)17(8-15(14)24)29-22(30)28-9-13-20-12-5-10(1-2-18(12)32-21(13)20)31-11-3-4-27-19(26)6-11/h1-8,13,20-21H,9H2,(H2,26,27)(H2,28,29,30). The van der Waals surface area contributed by atoms with Gasteiger partial charge in [-0.2, -0.15) is 0 Å². The van der Waals surface area contributed by atoms with Crippen molar-refractivity contribution in [3.05, 3.63) is 71.7 Å². The van der Waals surface area contributed by atoms with Crippen LogP contribution < -0.4 is 25.8 Å². The lowest BCUT2D eigenvalue weighted by Gasteiger charge is -2.12. The van der Waals surface area contributed by atoms with Gasteiger partial charge in [-0.1, -0.05) is 0 Å². The number of benzene rings is 2. The van der Waals surface area contributed by atoms with E-state index >= 15 is 0 Å². The summed E-state index contributed by atoms with van der Waals surface area (Å²) in [7, 11) is 0. The second-order valence-electron chi connectivity index (χ2n) is 7.57. The number of aromatic nitrogens is 1. The fraction of sp³-hybridized carbons (Fsp3) is 0.182. The van der Waals surface area contributed by atoms with Crippen LogP contribution in [0.2, 0.25) is 0 Å². The number of rotatable bonds is 5. The predicted molar refractivity (Wildman–Crippen MR) is 109 cm³/mol. The molecule has 4 N–H and O–H groups in total. The highest BCUT2D eigenvalue weighted by Gasteiger charge is 2.58.